The lowest BCUT2D eigenvalue weighted by molar-refractivity contribution is -0.384. The van der Waals surface area contributed by atoms with Crippen molar-refractivity contribution in [2.45, 2.75) is 0 Å². The van der Waals surface area contributed by atoms with Crippen molar-refractivity contribution in [3.63, 3.8) is 0 Å². The van der Waals surface area contributed by atoms with Gasteiger partial charge in [0.05, 0.1) is 4.92 Å². The number of benzene rings is 2. The largest absolute Gasteiger partial charge is 0.334 e. The van der Waals surface area contributed by atoms with Crippen molar-refractivity contribution in [3.05, 3.63) is 75.9 Å². The highest BCUT2D eigenvalue weighted by atomic mass is 19.1. The molecule has 7 heteroatoms. The molecule has 6 nitrogen and oxygen atoms in total. The van der Waals surface area contributed by atoms with Gasteiger partial charge in [0.15, 0.2) is 5.82 Å². The first-order valence-corrected chi connectivity index (χ1v) is 6.64. The van der Waals surface area contributed by atoms with Crippen LogP contribution in [0.25, 0.3) is 23.6 Å². The molecule has 0 atom stereocenters. The minimum Gasteiger partial charge on any atom is -0.334 e. The molecule has 0 N–H and O–H groups in total. The SMILES string of the molecule is O=[N+]([O-])c1ccc(-c2nc(/C=C/c3ccc(F)cc3)no2)cc1. The van der Waals surface area contributed by atoms with Gasteiger partial charge in [0.1, 0.15) is 5.82 Å². The lowest BCUT2D eigenvalue weighted by Gasteiger charge is -1.93. The van der Waals surface area contributed by atoms with Gasteiger partial charge in [-0.3, -0.25) is 10.1 Å². The summed E-state index contributed by atoms with van der Waals surface area (Å²) in [5.74, 6) is 0.309. The summed E-state index contributed by atoms with van der Waals surface area (Å²) >= 11 is 0. The Morgan fingerprint density at radius 1 is 1.04 bits per heavy atom. The number of aromatic nitrogens is 2. The fourth-order valence-electron chi connectivity index (χ4n) is 1.89. The Kier molecular flexibility index (Phi) is 3.92. The molecule has 0 unspecified atom stereocenters. The zero-order valence-electron chi connectivity index (χ0n) is 11.7. The van der Waals surface area contributed by atoms with E-state index in [0.29, 0.717) is 11.4 Å². The summed E-state index contributed by atoms with van der Waals surface area (Å²) in [7, 11) is 0. The van der Waals surface area contributed by atoms with E-state index >= 15 is 0 Å². The van der Waals surface area contributed by atoms with E-state index in [0.717, 1.165) is 5.56 Å². The molecule has 0 amide bonds. The van der Waals surface area contributed by atoms with Crippen molar-refractivity contribution in [3.8, 4) is 11.5 Å². The first-order chi connectivity index (χ1) is 11.1. The molecule has 23 heavy (non-hydrogen) atoms. The standard InChI is InChI=1S/C16H10FN3O3/c17-13-6-1-11(2-7-13)3-10-15-18-16(23-19-15)12-4-8-14(9-5-12)20(21)22/h1-10H/b10-3+. The molecule has 0 spiro atoms. The monoisotopic (exact) mass is 311 g/mol. The van der Waals surface area contributed by atoms with Gasteiger partial charge in [0.25, 0.3) is 11.6 Å². The number of hydrogen-bond donors (Lipinski definition) is 0. The average molecular weight is 311 g/mol. The molecular formula is C16H10FN3O3. The van der Waals surface area contributed by atoms with Crippen LogP contribution in [-0.2, 0) is 0 Å². The third-order valence-electron chi connectivity index (χ3n) is 3.06. The molecular weight excluding hydrogens is 301 g/mol. The Hall–Kier alpha value is -3.35. The fraction of sp³-hybridized carbons (Fsp3) is 0. The van der Waals surface area contributed by atoms with Gasteiger partial charge in [-0.05, 0) is 35.9 Å². The van der Waals surface area contributed by atoms with E-state index in [1.165, 1.54) is 24.3 Å². The number of rotatable bonds is 4. The summed E-state index contributed by atoms with van der Waals surface area (Å²) < 4.78 is 17.9. The topological polar surface area (TPSA) is 82.1 Å². The fourth-order valence-corrected chi connectivity index (χ4v) is 1.89. The third-order valence-corrected chi connectivity index (χ3v) is 3.06. The van der Waals surface area contributed by atoms with Crippen LogP contribution in [-0.4, -0.2) is 15.1 Å². The second kappa shape index (κ2) is 6.18. The van der Waals surface area contributed by atoms with E-state index in [2.05, 4.69) is 10.1 Å². The molecule has 0 fully saturated rings. The van der Waals surface area contributed by atoms with Crippen LogP contribution < -0.4 is 0 Å². The minimum absolute atomic E-state index is 0.00954. The van der Waals surface area contributed by atoms with Gasteiger partial charge >= 0.3 is 0 Å². The highest BCUT2D eigenvalue weighted by Gasteiger charge is 2.10. The number of nitro benzene ring substituents is 1. The maximum atomic E-state index is 12.8. The first kappa shape index (κ1) is 14.6. The summed E-state index contributed by atoms with van der Waals surface area (Å²) in [6.07, 6.45) is 3.36. The summed E-state index contributed by atoms with van der Waals surface area (Å²) in [5.41, 5.74) is 1.38. The van der Waals surface area contributed by atoms with E-state index in [9.17, 15) is 14.5 Å². The highest BCUT2D eigenvalue weighted by molar-refractivity contribution is 5.67. The second-order valence-corrected chi connectivity index (χ2v) is 4.65. The Morgan fingerprint density at radius 3 is 2.39 bits per heavy atom. The van der Waals surface area contributed by atoms with Crippen LogP contribution >= 0.6 is 0 Å². The van der Waals surface area contributed by atoms with E-state index in [-0.39, 0.29) is 17.4 Å². The summed E-state index contributed by atoms with van der Waals surface area (Å²) in [6.45, 7) is 0. The number of nitrogens with zero attached hydrogens (tertiary/aromatic N) is 3. The second-order valence-electron chi connectivity index (χ2n) is 4.65. The average Bonchev–Trinajstić information content (AvgIpc) is 3.03. The molecule has 0 radical (unpaired) electrons. The van der Waals surface area contributed by atoms with Crippen molar-refractivity contribution in [1.29, 1.82) is 0 Å². The van der Waals surface area contributed by atoms with Gasteiger partial charge in [-0.25, -0.2) is 4.39 Å². The Morgan fingerprint density at radius 2 is 1.74 bits per heavy atom. The number of halogens is 1. The molecule has 1 heterocycles. The molecule has 0 aliphatic rings. The van der Waals surface area contributed by atoms with Gasteiger partial charge in [-0.15, -0.1) is 0 Å². The van der Waals surface area contributed by atoms with Crippen LogP contribution in [0.15, 0.2) is 53.1 Å². The molecule has 2 aromatic carbocycles. The number of hydrogen-bond acceptors (Lipinski definition) is 5. The maximum absolute atomic E-state index is 12.8. The van der Waals surface area contributed by atoms with Crippen molar-refractivity contribution < 1.29 is 13.8 Å². The molecule has 3 rings (SSSR count). The van der Waals surface area contributed by atoms with Crippen LogP contribution in [0.1, 0.15) is 11.4 Å². The lowest BCUT2D eigenvalue weighted by Crippen LogP contribution is -1.87. The number of non-ortho nitro benzene ring substituents is 1. The van der Waals surface area contributed by atoms with Gasteiger partial charge in [0.2, 0.25) is 0 Å². The summed E-state index contributed by atoms with van der Waals surface area (Å²) in [6, 6.07) is 11.8. The minimum atomic E-state index is -0.478. The van der Waals surface area contributed by atoms with Crippen molar-refractivity contribution in [2.24, 2.45) is 0 Å². The first-order valence-electron chi connectivity index (χ1n) is 6.64. The zero-order chi connectivity index (χ0) is 16.2. The van der Waals surface area contributed by atoms with E-state index in [1.807, 2.05) is 0 Å². The van der Waals surface area contributed by atoms with E-state index in [1.54, 1.807) is 36.4 Å². The molecule has 1 aromatic heterocycles. The molecule has 0 saturated carbocycles. The van der Waals surface area contributed by atoms with Gasteiger partial charge < -0.3 is 4.52 Å². The normalized spacial score (nSPS) is 11.0. The predicted octanol–water partition coefficient (Wildman–Crippen LogP) is 3.95. The molecule has 0 aliphatic carbocycles. The number of nitro groups is 1. The van der Waals surface area contributed by atoms with Crippen molar-refractivity contribution >= 4 is 17.8 Å². The van der Waals surface area contributed by atoms with Crippen LogP contribution in [0, 0.1) is 15.9 Å². The molecule has 0 saturated heterocycles. The Bertz CT molecular complexity index is 855. The Balaban J connectivity index is 1.77. The third kappa shape index (κ3) is 3.46. The zero-order valence-corrected chi connectivity index (χ0v) is 11.7. The van der Waals surface area contributed by atoms with Crippen LogP contribution in [0.2, 0.25) is 0 Å². The van der Waals surface area contributed by atoms with Gasteiger partial charge in [-0.1, -0.05) is 23.4 Å². The van der Waals surface area contributed by atoms with Crippen molar-refractivity contribution in [2.75, 3.05) is 0 Å². The van der Waals surface area contributed by atoms with Gasteiger partial charge in [-0.2, -0.15) is 4.98 Å². The smallest absolute Gasteiger partial charge is 0.269 e. The van der Waals surface area contributed by atoms with Crippen LogP contribution in [0.4, 0.5) is 10.1 Å². The van der Waals surface area contributed by atoms with Crippen LogP contribution in [0.3, 0.4) is 0 Å². The summed E-state index contributed by atoms with van der Waals surface area (Å²) in [5, 5.41) is 14.4. The Labute approximate surface area is 130 Å². The predicted molar refractivity (Wildman–Crippen MR) is 81.7 cm³/mol. The highest BCUT2D eigenvalue weighted by Crippen LogP contribution is 2.21. The van der Waals surface area contributed by atoms with E-state index in [4.69, 9.17) is 4.52 Å². The molecule has 0 aliphatic heterocycles. The molecule has 114 valence electrons. The van der Waals surface area contributed by atoms with Gasteiger partial charge in [0, 0.05) is 17.7 Å². The van der Waals surface area contributed by atoms with Crippen molar-refractivity contribution in [1.82, 2.24) is 10.1 Å². The maximum Gasteiger partial charge on any atom is 0.269 e. The molecule has 0 bridgehead atoms. The lowest BCUT2D eigenvalue weighted by atomic mass is 10.2. The quantitative estimate of drug-likeness (QED) is 0.538. The molecule has 3 aromatic rings. The summed E-state index contributed by atoms with van der Waals surface area (Å²) in [4.78, 5) is 14.3. The van der Waals surface area contributed by atoms with Crippen LogP contribution in [0.5, 0.6) is 0 Å². The van der Waals surface area contributed by atoms with E-state index < -0.39 is 4.92 Å².